The van der Waals surface area contributed by atoms with Crippen LogP contribution in [0.4, 0.5) is 0 Å². The van der Waals surface area contributed by atoms with E-state index in [1.54, 1.807) is 0 Å². The highest BCUT2D eigenvalue weighted by atomic mass is 79.9. The van der Waals surface area contributed by atoms with Gasteiger partial charge in [-0.15, -0.1) is 0 Å². The van der Waals surface area contributed by atoms with Crippen LogP contribution < -0.4 is 0 Å². The topological polar surface area (TPSA) is 17.8 Å². The fourth-order valence-electron chi connectivity index (χ4n) is 0.827. The van der Waals surface area contributed by atoms with Crippen molar-refractivity contribution < 1.29 is 0 Å². The lowest BCUT2D eigenvalue weighted by molar-refractivity contribution is 0.754. The van der Waals surface area contributed by atoms with E-state index in [1.165, 1.54) is 0 Å². The average Bonchev–Trinajstić information content (AvgIpc) is 2.34. The van der Waals surface area contributed by atoms with Crippen LogP contribution in [-0.2, 0) is 6.54 Å². The maximum Gasteiger partial charge on any atom is 0.0950 e. The van der Waals surface area contributed by atoms with E-state index in [-0.39, 0.29) is 0 Å². The Balaban J connectivity index is 2.93. The molecule has 1 heterocycles. The van der Waals surface area contributed by atoms with Crippen LogP contribution in [-0.4, -0.2) is 9.55 Å². The first-order chi connectivity index (χ1) is 5.24. The van der Waals surface area contributed by atoms with Gasteiger partial charge in [-0.3, -0.25) is 0 Å². The molecule has 1 rings (SSSR count). The van der Waals surface area contributed by atoms with Crippen molar-refractivity contribution in [3.63, 3.8) is 0 Å². The van der Waals surface area contributed by atoms with Crippen LogP contribution in [0.3, 0.4) is 0 Å². The minimum Gasteiger partial charge on any atom is -0.331 e. The van der Waals surface area contributed by atoms with Crippen LogP contribution >= 0.6 is 31.9 Å². The zero-order valence-electron chi connectivity index (χ0n) is 6.09. The van der Waals surface area contributed by atoms with Gasteiger partial charge in [0.05, 0.1) is 21.6 Å². The molecular formula is C7H8Br2N2. The van der Waals surface area contributed by atoms with Gasteiger partial charge >= 0.3 is 0 Å². The fraction of sp³-hybridized carbons (Fsp3) is 0.286. The maximum atomic E-state index is 4.02. The third kappa shape index (κ3) is 2.45. The highest BCUT2D eigenvalue weighted by Crippen LogP contribution is 2.17. The van der Waals surface area contributed by atoms with Gasteiger partial charge in [-0.1, -0.05) is 0 Å². The molecule has 0 spiro atoms. The summed E-state index contributed by atoms with van der Waals surface area (Å²) in [5.41, 5.74) is 1.09. The molecule has 0 fully saturated rings. The van der Waals surface area contributed by atoms with Gasteiger partial charge in [0.15, 0.2) is 0 Å². The summed E-state index contributed by atoms with van der Waals surface area (Å²) in [6.07, 6.45) is 5.61. The fourth-order valence-corrected chi connectivity index (χ4v) is 1.30. The summed E-state index contributed by atoms with van der Waals surface area (Å²) in [6, 6.07) is 0. The predicted octanol–water partition coefficient (Wildman–Crippen LogP) is 2.99. The van der Waals surface area contributed by atoms with Crippen molar-refractivity contribution in [3.05, 3.63) is 21.6 Å². The summed E-state index contributed by atoms with van der Waals surface area (Å²) >= 11 is 6.59. The molecule has 0 aromatic carbocycles. The number of halogens is 2. The molecule has 0 saturated carbocycles. The van der Waals surface area contributed by atoms with Gasteiger partial charge < -0.3 is 4.57 Å². The normalized spacial score (nSPS) is 9.73. The van der Waals surface area contributed by atoms with E-state index < -0.39 is 0 Å². The molecule has 0 bridgehead atoms. The number of rotatable bonds is 2. The molecule has 0 aliphatic rings. The first-order valence-corrected chi connectivity index (χ1v) is 4.85. The second-order valence-electron chi connectivity index (χ2n) is 2.04. The van der Waals surface area contributed by atoms with E-state index in [0.29, 0.717) is 0 Å². The molecule has 11 heavy (non-hydrogen) atoms. The molecular weight excluding hydrogens is 272 g/mol. The van der Waals surface area contributed by atoms with E-state index >= 15 is 0 Å². The van der Waals surface area contributed by atoms with Gasteiger partial charge in [0.1, 0.15) is 0 Å². The smallest absolute Gasteiger partial charge is 0.0950 e. The standard InChI is InChI=1S/C7H8Br2N2/c1-2-11-5-10-4-6(11)3-7(8)9/h3-5H,2H2,1H3. The van der Waals surface area contributed by atoms with Crippen LogP contribution in [0.25, 0.3) is 6.08 Å². The van der Waals surface area contributed by atoms with Gasteiger partial charge in [0, 0.05) is 6.54 Å². The Morgan fingerprint density at radius 1 is 1.73 bits per heavy atom. The average molecular weight is 280 g/mol. The Labute approximate surface area is 82.6 Å². The third-order valence-corrected chi connectivity index (χ3v) is 1.80. The largest absolute Gasteiger partial charge is 0.331 e. The van der Waals surface area contributed by atoms with E-state index in [4.69, 9.17) is 0 Å². The lowest BCUT2D eigenvalue weighted by atomic mass is 10.4. The zero-order chi connectivity index (χ0) is 8.27. The Morgan fingerprint density at radius 2 is 2.45 bits per heavy atom. The van der Waals surface area contributed by atoms with E-state index in [1.807, 2.05) is 18.6 Å². The summed E-state index contributed by atoms with van der Waals surface area (Å²) in [4.78, 5) is 4.02. The van der Waals surface area contributed by atoms with Crippen molar-refractivity contribution in [1.82, 2.24) is 9.55 Å². The Bertz CT molecular complexity index is 261. The summed E-state index contributed by atoms with van der Waals surface area (Å²) < 4.78 is 2.99. The highest BCUT2D eigenvalue weighted by Gasteiger charge is 1.95. The summed E-state index contributed by atoms with van der Waals surface area (Å²) in [6.45, 7) is 3.03. The minimum absolute atomic E-state index is 0.931. The van der Waals surface area contributed by atoms with Gasteiger partial charge in [0.2, 0.25) is 0 Å². The van der Waals surface area contributed by atoms with Crippen molar-refractivity contribution in [2.45, 2.75) is 13.5 Å². The van der Waals surface area contributed by atoms with Crippen molar-refractivity contribution in [2.75, 3.05) is 0 Å². The van der Waals surface area contributed by atoms with E-state index in [2.05, 4.69) is 48.3 Å². The summed E-state index contributed by atoms with van der Waals surface area (Å²) in [7, 11) is 0. The Morgan fingerprint density at radius 3 is 3.00 bits per heavy atom. The molecule has 0 atom stereocenters. The second-order valence-corrected chi connectivity index (χ2v) is 4.81. The first kappa shape index (κ1) is 9.00. The van der Waals surface area contributed by atoms with Crippen LogP contribution in [0, 0.1) is 0 Å². The SMILES string of the molecule is CCn1cncc1C=C(Br)Br. The van der Waals surface area contributed by atoms with Crippen molar-refractivity contribution >= 4 is 37.9 Å². The minimum atomic E-state index is 0.931. The van der Waals surface area contributed by atoms with E-state index in [0.717, 1.165) is 15.6 Å². The molecule has 1 aromatic rings. The second kappa shape index (κ2) is 4.07. The lowest BCUT2D eigenvalue weighted by Gasteiger charge is -1.98. The number of nitrogens with zero attached hydrogens (tertiary/aromatic N) is 2. The number of aryl methyl sites for hydroxylation is 1. The molecule has 0 saturated heterocycles. The molecule has 0 amide bonds. The summed E-state index contributed by atoms with van der Waals surface area (Å²) in [5.74, 6) is 0. The maximum absolute atomic E-state index is 4.02. The summed E-state index contributed by atoms with van der Waals surface area (Å²) in [5, 5.41) is 0. The first-order valence-electron chi connectivity index (χ1n) is 3.27. The lowest BCUT2D eigenvalue weighted by Crippen LogP contribution is -1.93. The number of aromatic nitrogens is 2. The number of hydrogen-bond donors (Lipinski definition) is 0. The Kier molecular flexibility index (Phi) is 3.33. The monoisotopic (exact) mass is 278 g/mol. The molecule has 0 N–H and O–H groups in total. The van der Waals surface area contributed by atoms with E-state index in [9.17, 15) is 0 Å². The molecule has 0 aliphatic heterocycles. The predicted molar refractivity (Wildman–Crippen MR) is 53.7 cm³/mol. The van der Waals surface area contributed by atoms with Gasteiger partial charge in [0.25, 0.3) is 0 Å². The van der Waals surface area contributed by atoms with Crippen molar-refractivity contribution in [3.8, 4) is 0 Å². The molecule has 1 aromatic heterocycles. The number of imidazole rings is 1. The molecule has 4 heteroatoms. The molecule has 2 nitrogen and oxygen atoms in total. The molecule has 0 radical (unpaired) electrons. The third-order valence-electron chi connectivity index (χ3n) is 1.34. The highest BCUT2D eigenvalue weighted by molar-refractivity contribution is 9.28. The van der Waals surface area contributed by atoms with Crippen LogP contribution in [0.2, 0.25) is 0 Å². The van der Waals surface area contributed by atoms with Crippen LogP contribution in [0.1, 0.15) is 12.6 Å². The van der Waals surface area contributed by atoms with Crippen LogP contribution in [0.15, 0.2) is 15.9 Å². The van der Waals surface area contributed by atoms with Crippen LogP contribution in [0.5, 0.6) is 0 Å². The van der Waals surface area contributed by atoms with Gasteiger partial charge in [-0.25, -0.2) is 4.98 Å². The molecule has 0 unspecified atom stereocenters. The molecule has 60 valence electrons. The Hall–Kier alpha value is -0.0900. The number of hydrogen-bond acceptors (Lipinski definition) is 1. The van der Waals surface area contributed by atoms with Gasteiger partial charge in [-0.2, -0.15) is 0 Å². The van der Waals surface area contributed by atoms with Crippen molar-refractivity contribution in [2.24, 2.45) is 0 Å². The van der Waals surface area contributed by atoms with Gasteiger partial charge in [-0.05, 0) is 44.9 Å². The zero-order valence-corrected chi connectivity index (χ0v) is 9.26. The molecule has 0 aliphatic carbocycles. The quantitative estimate of drug-likeness (QED) is 0.814. The van der Waals surface area contributed by atoms with Crippen molar-refractivity contribution in [1.29, 1.82) is 0 Å².